The number of nitrogens with one attached hydrogen (secondary N) is 1. The number of halogens is 1. The molecule has 0 aliphatic carbocycles. The Morgan fingerprint density at radius 3 is 2.69 bits per heavy atom. The van der Waals surface area contributed by atoms with Crippen molar-refractivity contribution < 1.29 is 4.79 Å². The summed E-state index contributed by atoms with van der Waals surface area (Å²) in [5, 5.41) is 3.45. The number of thioether (sulfide) groups is 1. The van der Waals surface area contributed by atoms with Crippen LogP contribution in [0.3, 0.4) is 0 Å². The fourth-order valence-corrected chi connectivity index (χ4v) is 2.05. The maximum absolute atomic E-state index is 11.2. The van der Waals surface area contributed by atoms with Crippen LogP contribution in [-0.2, 0) is 10.5 Å². The van der Waals surface area contributed by atoms with Gasteiger partial charge < -0.3 is 11.1 Å². The molecule has 0 atom stereocenters. The quantitative estimate of drug-likeness (QED) is 0.816. The monoisotopic (exact) mass is 258 g/mol. The van der Waals surface area contributed by atoms with Crippen LogP contribution in [0.25, 0.3) is 0 Å². The zero-order chi connectivity index (χ0) is 11.8. The lowest BCUT2D eigenvalue weighted by Crippen LogP contribution is -2.30. The van der Waals surface area contributed by atoms with E-state index in [0.717, 1.165) is 10.8 Å². The average molecular weight is 259 g/mol. The maximum atomic E-state index is 11.2. The highest BCUT2D eigenvalue weighted by Gasteiger charge is 2.00. The van der Waals surface area contributed by atoms with E-state index in [1.807, 2.05) is 24.3 Å². The van der Waals surface area contributed by atoms with Gasteiger partial charge in [0.1, 0.15) is 0 Å². The Bertz CT molecular complexity index is 329. The number of hydrogen-bond acceptors (Lipinski definition) is 3. The Labute approximate surface area is 105 Å². The minimum atomic E-state index is 0.0319. The lowest BCUT2D eigenvalue weighted by Gasteiger charge is -2.03. The predicted octanol–water partition coefficient (Wildman–Crippen LogP) is 1.65. The van der Waals surface area contributed by atoms with Crippen molar-refractivity contribution in [3.8, 4) is 0 Å². The van der Waals surface area contributed by atoms with Gasteiger partial charge in [-0.05, 0) is 17.7 Å². The third kappa shape index (κ3) is 5.39. The van der Waals surface area contributed by atoms with Crippen molar-refractivity contribution in [2.45, 2.75) is 5.75 Å². The van der Waals surface area contributed by atoms with Crippen molar-refractivity contribution in [1.82, 2.24) is 5.32 Å². The Morgan fingerprint density at radius 1 is 1.38 bits per heavy atom. The number of amides is 1. The summed E-state index contributed by atoms with van der Waals surface area (Å²) < 4.78 is 0. The van der Waals surface area contributed by atoms with Crippen LogP contribution in [0.2, 0.25) is 5.02 Å². The molecule has 1 aromatic carbocycles. The molecule has 5 heteroatoms. The zero-order valence-electron chi connectivity index (χ0n) is 8.91. The van der Waals surface area contributed by atoms with E-state index >= 15 is 0 Å². The van der Waals surface area contributed by atoms with Gasteiger partial charge in [-0.1, -0.05) is 23.7 Å². The largest absolute Gasteiger partial charge is 0.354 e. The molecule has 0 spiro atoms. The molecule has 0 heterocycles. The fourth-order valence-electron chi connectivity index (χ4n) is 1.10. The molecule has 0 aromatic heterocycles. The normalized spacial score (nSPS) is 10.1. The molecule has 0 bridgehead atoms. The summed E-state index contributed by atoms with van der Waals surface area (Å²) in [5.41, 5.74) is 6.44. The Hall–Kier alpha value is -0.710. The highest BCUT2D eigenvalue weighted by atomic mass is 35.5. The van der Waals surface area contributed by atoms with Crippen molar-refractivity contribution in [2.75, 3.05) is 18.8 Å². The fraction of sp³-hybridized carbons (Fsp3) is 0.364. The summed E-state index contributed by atoms with van der Waals surface area (Å²) in [6, 6.07) is 7.64. The van der Waals surface area contributed by atoms with Gasteiger partial charge in [-0.15, -0.1) is 11.8 Å². The van der Waals surface area contributed by atoms with Crippen molar-refractivity contribution in [1.29, 1.82) is 0 Å². The molecule has 1 aromatic rings. The van der Waals surface area contributed by atoms with E-state index in [1.165, 1.54) is 5.56 Å². The van der Waals surface area contributed by atoms with E-state index in [-0.39, 0.29) is 5.91 Å². The topological polar surface area (TPSA) is 55.1 Å². The van der Waals surface area contributed by atoms with Crippen LogP contribution in [0.1, 0.15) is 5.56 Å². The summed E-state index contributed by atoms with van der Waals surface area (Å²) in [6.45, 7) is 1.02. The molecular weight excluding hydrogens is 244 g/mol. The van der Waals surface area contributed by atoms with Gasteiger partial charge in [-0.2, -0.15) is 0 Å². The molecule has 0 saturated heterocycles. The first-order valence-corrected chi connectivity index (χ1v) is 6.54. The Balaban J connectivity index is 2.20. The molecule has 0 fully saturated rings. The van der Waals surface area contributed by atoms with Crippen LogP contribution < -0.4 is 11.1 Å². The molecule has 3 N–H and O–H groups in total. The van der Waals surface area contributed by atoms with Crippen molar-refractivity contribution in [3.05, 3.63) is 34.9 Å². The van der Waals surface area contributed by atoms with Gasteiger partial charge in [-0.3, -0.25) is 4.79 Å². The maximum Gasteiger partial charge on any atom is 0.230 e. The molecule has 88 valence electrons. The average Bonchev–Trinajstić information content (AvgIpc) is 2.29. The van der Waals surface area contributed by atoms with Gasteiger partial charge in [0.15, 0.2) is 0 Å². The standard InChI is InChI=1S/C11H15ClN2OS/c12-10-3-1-9(2-4-10)7-16-8-11(15)14-6-5-13/h1-4H,5-8,13H2,(H,14,15). The number of nitrogens with two attached hydrogens (primary N) is 1. The van der Waals surface area contributed by atoms with E-state index in [1.54, 1.807) is 11.8 Å². The van der Waals surface area contributed by atoms with Crippen LogP contribution >= 0.6 is 23.4 Å². The van der Waals surface area contributed by atoms with E-state index in [2.05, 4.69) is 5.32 Å². The Morgan fingerprint density at radius 2 is 2.06 bits per heavy atom. The third-order valence-electron chi connectivity index (χ3n) is 1.88. The number of benzene rings is 1. The van der Waals surface area contributed by atoms with E-state index in [9.17, 15) is 4.79 Å². The van der Waals surface area contributed by atoms with Crippen LogP contribution in [-0.4, -0.2) is 24.7 Å². The SMILES string of the molecule is NCCNC(=O)CSCc1ccc(Cl)cc1. The number of hydrogen-bond donors (Lipinski definition) is 2. The predicted molar refractivity (Wildman–Crippen MR) is 69.7 cm³/mol. The van der Waals surface area contributed by atoms with Gasteiger partial charge in [-0.25, -0.2) is 0 Å². The van der Waals surface area contributed by atoms with Crippen LogP contribution in [0.5, 0.6) is 0 Å². The van der Waals surface area contributed by atoms with Crippen molar-refractivity contribution in [2.24, 2.45) is 5.73 Å². The molecule has 3 nitrogen and oxygen atoms in total. The van der Waals surface area contributed by atoms with Crippen LogP contribution in [0, 0.1) is 0 Å². The number of rotatable bonds is 6. The third-order valence-corrected chi connectivity index (χ3v) is 3.14. The van der Waals surface area contributed by atoms with Gasteiger partial charge in [0.2, 0.25) is 5.91 Å². The lowest BCUT2D eigenvalue weighted by atomic mass is 10.2. The van der Waals surface area contributed by atoms with Crippen LogP contribution in [0.15, 0.2) is 24.3 Å². The summed E-state index contributed by atoms with van der Waals surface area (Å²) in [4.78, 5) is 11.2. The van der Waals surface area contributed by atoms with E-state index in [0.29, 0.717) is 18.8 Å². The van der Waals surface area contributed by atoms with Gasteiger partial charge in [0.05, 0.1) is 5.75 Å². The molecule has 0 aliphatic heterocycles. The van der Waals surface area contributed by atoms with Gasteiger partial charge >= 0.3 is 0 Å². The second-order valence-corrected chi connectivity index (χ2v) is 4.68. The summed E-state index contributed by atoms with van der Waals surface area (Å²) in [7, 11) is 0. The van der Waals surface area contributed by atoms with E-state index in [4.69, 9.17) is 17.3 Å². The minimum Gasteiger partial charge on any atom is -0.354 e. The molecule has 16 heavy (non-hydrogen) atoms. The smallest absolute Gasteiger partial charge is 0.230 e. The summed E-state index contributed by atoms with van der Waals surface area (Å²) >= 11 is 7.35. The van der Waals surface area contributed by atoms with Crippen LogP contribution in [0.4, 0.5) is 0 Å². The first-order chi connectivity index (χ1) is 7.72. The molecule has 0 aliphatic rings. The van der Waals surface area contributed by atoms with E-state index < -0.39 is 0 Å². The van der Waals surface area contributed by atoms with Crippen molar-refractivity contribution >= 4 is 29.3 Å². The highest BCUT2D eigenvalue weighted by molar-refractivity contribution is 7.99. The number of carbonyl (C=O) groups excluding carboxylic acids is 1. The molecule has 1 rings (SSSR count). The lowest BCUT2D eigenvalue weighted by molar-refractivity contribution is -0.118. The van der Waals surface area contributed by atoms with Crippen molar-refractivity contribution in [3.63, 3.8) is 0 Å². The molecule has 0 unspecified atom stereocenters. The summed E-state index contributed by atoms with van der Waals surface area (Å²) in [5.74, 6) is 1.31. The molecular formula is C11H15ClN2OS. The summed E-state index contributed by atoms with van der Waals surface area (Å²) in [6.07, 6.45) is 0. The Kier molecular flexibility index (Phi) is 6.30. The van der Waals surface area contributed by atoms with Gasteiger partial charge in [0, 0.05) is 23.9 Å². The number of carbonyl (C=O) groups is 1. The molecule has 0 radical (unpaired) electrons. The highest BCUT2D eigenvalue weighted by Crippen LogP contribution is 2.15. The second-order valence-electron chi connectivity index (χ2n) is 3.26. The first kappa shape index (κ1) is 13.4. The zero-order valence-corrected chi connectivity index (χ0v) is 10.5. The minimum absolute atomic E-state index is 0.0319. The second kappa shape index (κ2) is 7.54. The molecule has 1 amide bonds. The first-order valence-electron chi connectivity index (χ1n) is 5.01. The van der Waals surface area contributed by atoms with Gasteiger partial charge in [0.25, 0.3) is 0 Å². The molecule has 0 saturated carbocycles.